The number of thiophene rings is 1. The van der Waals surface area contributed by atoms with Gasteiger partial charge in [-0.2, -0.15) is 0 Å². The molecule has 1 amide bonds. The lowest BCUT2D eigenvalue weighted by molar-refractivity contribution is 0.0528. The minimum Gasteiger partial charge on any atom is -0.444 e. The highest BCUT2D eigenvalue weighted by Crippen LogP contribution is 2.31. The van der Waals surface area contributed by atoms with Gasteiger partial charge in [-0.25, -0.2) is 4.79 Å². The predicted molar refractivity (Wildman–Crippen MR) is 97.1 cm³/mol. The summed E-state index contributed by atoms with van der Waals surface area (Å²) >= 11 is 1.73. The molecule has 1 heterocycles. The maximum Gasteiger partial charge on any atom is 0.407 e. The van der Waals surface area contributed by atoms with Gasteiger partial charge in [-0.15, -0.1) is 11.3 Å². The van der Waals surface area contributed by atoms with Gasteiger partial charge in [0.05, 0.1) is 0 Å². The number of anilines is 1. The number of alkyl carbamates (subject to hydrolysis) is 1. The van der Waals surface area contributed by atoms with Gasteiger partial charge in [0.1, 0.15) is 5.60 Å². The molecule has 1 aromatic carbocycles. The van der Waals surface area contributed by atoms with E-state index in [1.165, 1.54) is 10.4 Å². The van der Waals surface area contributed by atoms with Gasteiger partial charge in [-0.3, -0.25) is 0 Å². The van der Waals surface area contributed by atoms with Crippen molar-refractivity contribution in [2.24, 2.45) is 0 Å². The van der Waals surface area contributed by atoms with Crippen LogP contribution in [0.1, 0.15) is 27.2 Å². The Morgan fingerprint density at radius 1 is 1.13 bits per heavy atom. The third-order valence-electron chi connectivity index (χ3n) is 3.05. The van der Waals surface area contributed by atoms with E-state index < -0.39 is 5.60 Å². The van der Waals surface area contributed by atoms with Gasteiger partial charge >= 0.3 is 6.09 Å². The minimum absolute atomic E-state index is 0.364. The highest BCUT2D eigenvalue weighted by Gasteiger charge is 2.15. The molecule has 0 saturated carbocycles. The first-order valence-corrected chi connectivity index (χ1v) is 8.67. The molecule has 0 spiro atoms. The molecule has 124 valence electrons. The standard InChI is InChI=1S/C18H24N2O2S/c1-18(2,3)22-17(21)20-12-7-11-19-15-9-5-4-8-14(15)16-10-6-13-23-16/h4-6,8-10,13,19H,7,11-12H2,1-3H3,(H,20,21). The van der Waals surface area contributed by atoms with Crippen LogP contribution in [-0.4, -0.2) is 24.8 Å². The molecule has 0 fully saturated rings. The van der Waals surface area contributed by atoms with E-state index in [1.807, 2.05) is 32.9 Å². The molecule has 0 aliphatic heterocycles. The van der Waals surface area contributed by atoms with Crippen molar-refractivity contribution in [3.8, 4) is 10.4 Å². The quantitative estimate of drug-likeness (QED) is 0.751. The Kier molecular flexibility index (Phi) is 6.04. The van der Waals surface area contributed by atoms with Crippen molar-refractivity contribution in [3.63, 3.8) is 0 Å². The van der Waals surface area contributed by atoms with Crippen molar-refractivity contribution < 1.29 is 9.53 Å². The van der Waals surface area contributed by atoms with E-state index in [2.05, 4.69) is 40.3 Å². The number of amides is 1. The second-order valence-corrected chi connectivity index (χ2v) is 7.18. The van der Waals surface area contributed by atoms with Crippen LogP contribution in [0, 0.1) is 0 Å². The van der Waals surface area contributed by atoms with Crippen LogP contribution < -0.4 is 10.6 Å². The summed E-state index contributed by atoms with van der Waals surface area (Å²) in [7, 11) is 0. The van der Waals surface area contributed by atoms with Gasteiger partial charge in [0.2, 0.25) is 0 Å². The fourth-order valence-electron chi connectivity index (χ4n) is 2.10. The molecule has 0 bridgehead atoms. The fourth-order valence-corrected chi connectivity index (χ4v) is 2.87. The molecular weight excluding hydrogens is 308 g/mol. The highest BCUT2D eigenvalue weighted by molar-refractivity contribution is 7.13. The van der Waals surface area contributed by atoms with Crippen LogP contribution in [0.15, 0.2) is 41.8 Å². The van der Waals surface area contributed by atoms with E-state index in [0.29, 0.717) is 6.54 Å². The number of benzene rings is 1. The average Bonchev–Trinajstić information content (AvgIpc) is 2.99. The zero-order valence-electron chi connectivity index (χ0n) is 13.9. The molecule has 4 nitrogen and oxygen atoms in total. The molecular formula is C18H24N2O2S. The Morgan fingerprint density at radius 3 is 2.61 bits per heavy atom. The van der Waals surface area contributed by atoms with E-state index in [9.17, 15) is 4.79 Å². The number of para-hydroxylation sites is 1. The molecule has 0 atom stereocenters. The number of rotatable bonds is 6. The van der Waals surface area contributed by atoms with Crippen molar-refractivity contribution in [2.45, 2.75) is 32.8 Å². The average molecular weight is 332 g/mol. The smallest absolute Gasteiger partial charge is 0.407 e. The third kappa shape index (κ3) is 5.94. The largest absolute Gasteiger partial charge is 0.444 e. The van der Waals surface area contributed by atoms with Gasteiger partial charge in [-0.1, -0.05) is 24.3 Å². The molecule has 1 aromatic heterocycles. The summed E-state index contributed by atoms with van der Waals surface area (Å²) in [5, 5.41) is 8.29. The first-order valence-electron chi connectivity index (χ1n) is 7.79. The van der Waals surface area contributed by atoms with Crippen molar-refractivity contribution in [1.82, 2.24) is 5.32 Å². The number of ether oxygens (including phenoxy) is 1. The number of nitrogens with one attached hydrogen (secondary N) is 2. The van der Waals surface area contributed by atoms with Crippen LogP contribution in [-0.2, 0) is 4.74 Å². The lowest BCUT2D eigenvalue weighted by Crippen LogP contribution is -2.33. The number of hydrogen-bond acceptors (Lipinski definition) is 4. The van der Waals surface area contributed by atoms with Gasteiger partial charge in [0, 0.05) is 29.2 Å². The van der Waals surface area contributed by atoms with Gasteiger partial charge in [0.25, 0.3) is 0 Å². The Hall–Kier alpha value is -2.01. The maximum absolute atomic E-state index is 11.5. The number of hydrogen-bond donors (Lipinski definition) is 2. The molecule has 2 rings (SSSR count). The third-order valence-corrected chi connectivity index (χ3v) is 3.95. The second-order valence-electron chi connectivity index (χ2n) is 6.23. The molecule has 0 saturated heterocycles. The van der Waals surface area contributed by atoms with E-state index in [1.54, 1.807) is 11.3 Å². The van der Waals surface area contributed by atoms with E-state index in [4.69, 9.17) is 4.74 Å². The first kappa shape index (κ1) is 17.3. The lowest BCUT2D eigenvalue weighted by atomic mass is 10.1. The van der Waals surface area contributed by atoms with Crippen molar-refractivity contribution in [3.05, 3.63) is 41.8 Å². The molecule has 0 radical (unpaired) electrons. The van der Waals surface area contributed by atoms with Crippen molar-refractivity contribution in [2.75, 3.05) is 18.4 Å². The van der Waals surface area contributed by atoms with Crippen molar-refractivity contribution >= 4 is 23.1 Å². The second kappa shape index (κ2) is 8.02. The van der Waals surface area contributed by atoms with E-state index in [-0.39, 0.29) is 6.09 Å². The first-order chi connectivity index (χ1) is 11.0. The molecule has 0 aliphatic rings. The summed E-state index contributed by atoms with van der Waals surface area (Å²) in [6.45, 7) is 6.95. The summed E-state index contributed by atoms with van der Waals surface area (Å²) in [4.78, 5) is 12.8. The Labute approximate surface area is 141 Å². The summed E-state index contributed by atoms with van der Waals surface area (Å²) in [6, 6.07) is 12.4. The fraction of sp³-hybridized carbons (Fsp3) is 0.389. The summed E-state index contributed by atoms with van der Waals surface area (Å²) in [5.41, 5.74) is 1.87. The van der Waals surface area contributed by atoms with Crippen LogP contribution in [0.4, 0.5) is 10.5 Å². The zero-order chi connectivity index (χ0) is 16.7. The van der Waals surface area contributed by atoms with Gasteiger partial charge < -0.3 is 15.4 Å². The molecule has 0 aliphatic carbocycles. The van der Waals surface area contributed by atoms with Crippen molar-refractivity contribution in [1.29, 1.82) is 0 Å². The van der Waals surface area contributed by atoms with Gasteiger partial charge in [0.15, 0.2) is 0 Å². The zero-order valence-corrected chi connectivity index (χ0v) is 14.7. The Balaban J connectivity index is 1.76. The summed E-state index contributed by atoms with van der Waals surface area (Å²) in [5.74, 6) is 0. The number of carbonyl (C=O) groups excluding carboxylic acids is 1. The van der Waals surface area contributed by atoms with Crippen LogP contribution >= 0.6 is 11.3 Å². The monoisotopic (exact) mass is 332 g/mol. The predicted octanol–water partition coefficient (Wildman–Crippen LogP) is 4.74. The molecule has 5 heteroatoms. The SMILES string of the molecule is CC(C)(C)OC(=O)NCCCNc1ccccc1-c1cccs1. The Bertz CT molecular complexity index is 618. The lowest BCUT2D eigenvalue weighted by Gasteiger charge is -2.19. The number of carbonyl (C=O) groups is 1. The maximum atomic E-state index is 11.5. The highest BCUT2D eigenvalue weighted by atomic mass is 32.1. The molecule has 2 N–H and O–H groups in total. The minimum atomic E-state index is -0.456. The normalized spacial score (nSPS) is 11.1. The van der Waals surface area contributed by atoms with Gasteiger partial charge in [-0.05, 0) is 44.7 Å². The van der Waals surface area contributed by atoms with Crippen LogP contribution in [0.25, 0.3) is 10.4 Å². The Morgan fingerprint density at radius 2 is 1.91 bits per heavy atom. The van der Waals surface area contributed by atoms with E-state index >= 15 is 0 Å². The molecule has 2 aromatic rings. The summed E-state index contributed by atoms with van der Waals surface area (Å²) < 4.78 is 5.20. The molecule has 23 heavy (non-hydrogen) atoms. The van der Waals surface area contributed by atoms with E-state index in [0.717, 1.165) is 18.7 Å². The van der Waals surface area contributed by atoms with Crippen LogP contribution in [0.3, 0.4) is 0 Å². The van der Waals surface area contributed by atoms with Crippen LogP contribution in [0.2, 0.25) is 0 Å². The summed E-state index contributed by atoms with van der Waals surface area (Å²) in [6.07, 6.45) is 0.467. The van der Waals surface area contributed by atoms with Crippen LogP contribution in [0.5, 0.6) is 0 Å². The molecule has 0 unspecified atom stereocenters. The topological polar surface area (TPSA) is 50.4 Å².